The molecule has 2 aromatic carbocycles. The van der Waals surface area contributed by atoms with E-state index in [1.807, 2.05) is 12.1 Å². The van der Waals surface area contributed by atoms with Gasteiger partial charge in [-0.25, -0.2) is 4.39 Å². The molecule has 1 heterocycles. The van der Waals surface area contributed by atoms with E-state index in [0.717, 1.165) is 16.7 Å². The number of fused-ring (bicyclic) bond motifs is 1. The molecule has 0 amide bonds. The van der Waals surface area contributed by atoms with Crippen LogP contribution in [-0.4, -0.2) is 25.5 Å². The van der Waals surface area contributed by atoms with Crippen LogP contribution in [0.25, 0.3) is 0 Å². The molecule has 24 heavy (non-hydrogen) atoms. The van der Waals surface area contributed by atoms with Crippen LogP contribution >= 0.6 is 0 Å². The Labute approximate surface area is 146 Å². The van der Waals surface area contributed by atoms with Crippen molar-refractivity contribution >= 4 is 0 Å². The molecule has 1 aliphatic rings. The third-order valence-corrected chi connectivity index (χ3v) is 4.48. The molecule has 124 valence electrons. The van der Waals surface area contributed by atoms with Crippen molar-refractivity contribution in [2.45, 2.75) is 25.0 Å². The maximum Gasteiger partial charge on any atom is 0.123 e. The first-order valence-electron chi connectivity index (χ1n) is 9.41. The van der Waals surface area contributed by atoms with Gasteiger partial charge >= 0.3 is 0 Å². The molecule has 3 nitrogen and oxygen atoms in total. The van der Waals surface area contributed by atoms with Crippen LogP contribution < -0.4 is 0 Å². The Morgan fingerprint density at radius 1 is 1.33 bits per heavy atom. The molecule has 1 atom stereocenters. The van der Waals surface area contributed by atoms with Crippen molar-refractivity contribution in [3.8, 4) is 6.07 Å². The highest BCUT2D eigenvalue weighted by Gasteiger charge is 2.41. The summed E-state index contributed by atoms with van der Waals surface area (Å²) in [5.41, 5.74) is 2.50. The van der Waals surface area contributed by atoms with Crippen LogP contribution in [-0.2, 0) is 16.9 Å². The summed E-state index contributed by atoms with van der Waals surface area (Å²) < 4.78 is 42.1. The fourth-order valence-corrected chi connectivity index (χ4v) is 3.33. The van der Waals surface area contributed by atoms with Gasteiger partial charge in [-0.15, -0.1) is 0 Å². The summed E-state index contributed by atoms with van der Waals surface area (Å²) in [4.78, 5) is 1.33. The van der Waals surface area contributed by atoms with E-state index in [-0.39, 0.29) is 5.82 Å². The average Bonchev–Trinajstić information content (AvgIpc) is 3.00. The minimum Gasteiger partial charge on any atom is -0.361 e. The third kappa shape index (κ3) is 3.06. The first-order chi connectivity index (χ1) is 12.8. The highest BCUT2D eigenvalue weighted by molar-refractivity contribution is 5.47. The van der Waals surface area contributed by atoms with E-state index in [1.54, 1.807) is 25.2 Å². The number of rotatable bonds is 5. The molecule has 0 saturated heterocycles. The van der Waals surface area contributed by atoms with E-state index in [4.69, 9.17) is 14.1 Å². The fourth-order valence-electron chi connectivity index (χ4n) is 3.33. The zero-order valence-electron chi connectivity index (χ0n) is 16.6. The molecule has 1 unspecified atom stereocenters. The zero-order valence-corrected chi connectivity index (χ0v) is 13.6. The largest absolute Gasteiger partial charge is 0.361 e. The Morgan fingerprint density at radius 2 is 2.12 bits per heavy atom. The van der Waals surface area contributed by atoms with Gasteiger partial charge in [-0.2, -0.15) is 5.26 Å². The molecule has 0 saturated carbocycles. The molecule has 3 rings (SSSR count). The van der Waals surface area contributed by atoms with Crippen molar-refractivity contribution in [2.75, 3.05) is 20.6 Å². The normalized spacial score (nSPS) is 21.7. The van der Waals surface area contributed by atoms with Gasteiger partial charge in [0.05, 0.1) is 18.2 Å². The van der Waals surface area contributed by atoms with Crippen LogP contribution in [0.1, 0.15) is 39.2 Å². The maximum atomic E-state index is 13.4. The molecule has 0 bridgehead atoms. The number of hydrogen-bond acceptors (Lipinski definition) is 3. The van der Waals surface area contributed by atoms with Gasteiger partial charge in [-0.3, -0.25) is 0 Å². The lowest BCUT2D eigenvalue weighted by atomic mass is 9.81. The minimum absolute atomic E-state index is 0.325. The number of nitrogens with zero attached hydrogens (tertiary/aromatic N) is 2. The van der Waals surface area contributed by atoms with Gasteiger partial charge in [0, 0.05) is 4.11 Å². The molecule has 4 heteroatoms. The second-order valence-electron chi connectivity index (χ2n) is 6.13. The van der Waals surface area contributed by atoms with Gasteiger partial charge in [0.15, 0.2) is 0 Å². The maximum absolute atomic E-state index is 13.4. The second-order valence-corrected chi connectivity index (χ2v) is 6.13. The number of hydrogen-bond donors (Lipinski definition) is 0. The molecular formula is C20H21FN2O. The van der Waals surface area contributed by atoms with Crippen LogP contribution in [0.15, 0.2) is 42.5 Å². The number of ether oxygens (including phenoxy) is 1. The molecular weight excluding hydrogens is 303 g/mol. The van der Waals surface area contributed by atoms with Crippen LogP contribution in [0.5, 0.6) is 0 Å². The summed E-state index contributed by atoms with van der Waals surface area (Å²) in [7, 11) is 1.57. The molecule has 0 N–H and O–H groups in total. The van der Waals surface area contributed by atoms with Gasteiger partial charge < -0.3 is 9.64 Å². The lowest BCUT2D eigenvalue weighted by molar-refractivity contribution is -0.0140. The van der Waals surface area contributed by atoms with Gasteiger partial charge in [0.2, 0.25) is 0 Å². The van der Waals surface area contributed by atoms with Crippen LogP contribution in [0, 0.1) is 17.1 Å². The van der Waals surface area contributed by atoms with Crippen molar-refractivity contribution in [1.29, 1.82) is 5.26 Å². The first kappa shape index (κ1) is 13.1. The van der Waals surface area contributed by atoms with Crippen molar-refractivity contribution in [2.24, 2.45) is 0 Å². The molecule has 1 aliphatic heterocycles. The number of benzene rings is 2. The van der Waals surface area contributed by atoms with Crippen molar-refractivity contribution in [1.82, 2.24) is 4.90 Å². The highest BCUT2D eigenvalue weighted by atomic mass is 19.1. The van der Waals surface area contributed by atoms with Crippen molar-refractivity contribution < 1.29 is 13.2 Å². The van der Waals surface area contributed by atoms with E-state index < -0.39 is 12.6 Å². The fraction of sp³-hybridized carbons (Fsp3) is 0.350. The predicted molar refractivity (Wildman–Crippen MR) is 90.9 cm³/mol. The lowest BCUT2D eigenvalue weighted by Gasteiger charge is -2.31. The molecule has 2 aromatic rings. The monoisotopic (exact) mass is 330 g/mol. The Hall–Kier alpha value is -2.22. The van der Waals surface area contributed by atoms with E-state index in [9.17, 15) is 4.39 Å². The summed E-state index contributed by atoms with van der Waals surface area (Å²) in [5, 5.41) is 9.13. The third-order valence-electron chi connectivity index (χ3n) is 4.48. The smallest absolute Gasteiger partial charge is 0.123 e. The minimum atomic E-state index is -2.14. The molecule has 0 spiro atoms. The second kappa shape index (κ2) is 6.72. The zero-order chi connectivity index (χ0) is 19.7. The van der Waals surface area contributed by atoms with Crippen molar-refractivity contribution in [3.63, 3.8) is 0 Å². The summed E-state index contributed by atoms with van der Waals surface area (Å²) in [5.74, 6) is -0.325. The number of nitriles is 1. The topological polar surface area (TPSA) is 36.3 Å². The average molecular weight is 330 g/mol. The molecule has 0 fully saturated rings. The number of halogens is 1. The lowest BCUT2D eigenvalue weighted by Crippen LogP contribution is -2.28. The SMILES string of the molecule is [3H]C([3H])([3H])N(C)CCCC1(c2ccc(F)cc2)OCc2cc(C#N)ccc21. The Bertz CT molecular complexity index is 861. The van der Waals surface area contributed by atoms with Crippen LogP contribution in [0.2, 0.25) is 0 Å². The van der Waals surface area contributed by atoms with E-state index in [2.05, 4.69) is 6.07 Å². The Morgan fingerprint density at radius 3 is 2.83 bits per heavy atom. The summed E-state index contributed by atoms with van der Waals surface area (Å²) in [6, 6.07) is 13.8. The van der Waals surface area contributed by atoms with E-state index in [1.165, 1.54) is 17.0 Å². The van der Waals surface area contributed by atoms with E-state index >= 15 is 0 Å². The molecule has 0 radical (unpaired) electrons. The summed E-state index contributed by atoms with van der Waals surface area (Å²) in [6.07, 6.45) is 1.14. The molecule has 0 aromatic heterocycles. The van der Waals surface area contributed by atoms with Gasteiger partial charge in [-0.05, 0) is 74.4 Å². The van der Waals surface area contributed by atoms with E-state index in [0.29, 0.717) is 31.6 Å². The quantitative estimate of drug-likeness (QED) is 0.836. The molecule has 0 aliphatic carbocycles. The van der Waals surface area contributed by atoms with Crippen molar-refractivity contribution in [3.05, 3.63) is 70.5 Å². The van der Waals surface area contributed by atoms with Gasteiger partial charge in [0.25, 0.3) is 0 Å². The van der Waals surface area contributed by atoms with Gasteiger partial charge in [-0.1, -0.05) is 18.2 Å². The summed E-state index contributed by atoms with van der Waals surface area (Å²) in [6.45, 7) is -1.40. The highest BCUT2D eigenvalue weighted by Crippen LogP contribution is 2.45. The first-order valence-corrected chi connectivity index (χ1v) is 7.91. The van der Waals surface area contributed by atoms with Crippen LogP contribution in [0.3, 0.4) is 0 Å². The summed E-state index contributed by atoms with van der Waals surface area (Å²) >= 11 is 0. The van der Waals surface area contributed by atoms with Gasteiger partial charge in [0.1, 0.15) is 11.4 Å². The van der Waals surface area contributed by atoms with Crippen LogP contribution in [0.4, 0.5) is 4.39 Å². The Kier molecular flexibility index (Phi) is 3.67. The standard InChI is InChI=1S/C20H21FN2O/c1-23(2)11-3-10-20(17-5-7-18(21)8-6-17)19-9-4-15(13-22)12-16(19)14-24-20/h4-9,12H,3,10-11,14H2,1-2H3/i1T3. The predicted octanol–water partition coefficient (Wildman–Crippen LogP) is 3.81. The Balaban J connectivity index is 1.93.